The largest absolute Gasteiger partial charge is 0.496 e. The lowest BCUT2D eigenvalue weighted by atomic mass is 10.1. The summed E-state index contributed by atoms with van der Waals surface area (Å²) in [5.41, 5.74) is 1.24. The van der Waals surface area contributed by atoms with Crippen molar-refractivity contribution in [2.45, 2.75) is 20.0 Å². The van der Waals surface area contributed by atoms with Gasteiger partial charge in [0.15, 0.2) is 0 Å². The van der Waals surface area contributed by atoms with Gasteiger partial charge < -0.3 is 9.47 Å². The second-order valence-corrected chi connectivity index (χ2v) is 3.57. The number of ether oxygens (including phenoxy) is 2. The van der Waals surface area contributed by atoms with Crippen LogP contribution < -0.4 is 4.74 Å². The molecule has 0 aliphatic heterocycles. The van der Waals surface area contributed by atoms with Crippen molar-refractivity contribution in [2.75, 3.05) is 7.11 Å². The molecule has 1 aromatic carbocycles. The minimum atomic E-state index is -0.390. The molecule has 3 heteroatoms. The van der Waals surface area contributed by atoms with Gasteiger partial charge >= 0.3 is 5.97 Å². The van der Waals surface area contributed by atoms with Crippen molar-refractivity contribution in [1.29, 1.82) is 0 Å². The lowest BCUT2D eigenvalue weighted by Gasteiger charge is -2.16. The van der Waals surface area contributed by atoms with E-state index in [9.17, 15) is 4.79 Å². The molecule has 1 atom stereocenters. The summed E-state index contributed by atoms with van der Waals surface area (Å²) in [6, 6.07) is 7.45. The van der Waals surface area contributed by atoms with Crippen molar-refractivity contribution >= 4 is 5.97 Å². The minimum absolute atomic E-state index is 0.347. The molecule has 0 N–H and O–H groups in total. The quantitative estimate of drug-likeness (QED) is 0.578. The molecular weight excluding hydrogens is 204 g/mol. The zero-order valence-electron chi connectivity index (χ0n) is 9.82. The van der Waals surface area contributed by atoms with Crippen LogP contribution in [-0.2, 0) is 9.53 Å². The van der Waals surface area contributed by atoms with Gasteiger partial charge in [0, 0.05) is 11.1 Å². The van der Waals surface area contributed by atoms with Gasteiger partial charge in [0.2, 0.25) is 0 Å². The van der Waals surface area contributed by atoms with E-state index < -0.39 is 5.97 Å². The van der Waals surface area contributed by atoms with E-state index in [1.165, 1.54) is 0 Å². The molecule has 0 aliphatic rings. The maximum Gasteiger partial charge on any atom is 0.333 e. The van der Waals surface area contributed by atoms with Crippen LogP contribution in [0.1, 0.15) is 25.5 Å². The van der Waals surface area contributed by atoms with E-state index in [0.717, 1.165) is 5.56 Å². The third-order valence-electron chi connectivity index (χ3n) is 2.21. The smallest absolute Gasteiger partial charge is 0.333 e. The van der Waals surface area contributed by atoms with E-state index in [1.807, 2.05) is 24.3 Å². The Morgan fingerprint density at radius 3 is 2.56 bits per heavy atom. The fourth-order valence-electron chi connectivity index (χ4n) is 1.33. The average Bonchev–Trinajstić information content (AvgIpc) is 2.28. The Labute approximate surface area is 95.7 Å². The highest BCUT2D eigenvalue weighted by Gasteiger charge is 2.15. The highest BCUT2D eigenvalue weighted by Crippen LogP contribution is 2.27. The van der Waals surface area contributed by atoms with Crippen LogP contribution >= 0.6 is 0 Å². The van der Waals surface area contributed by atoms with Crippen LogP contribution in [-0.4, -0.2) is 13.1 Å². The fraction of sp³-hybridized carbons (Fsp3) is 0.308. The monoisotopic (exact) mass is 220 g/mol. The van der Waals surface area contributed by atoms with Gasteiger partial charge in [0.25, 0.3) is 0 Å². The molecule has 0 heterocycles. The first kappa shape index (κ1) is 12.3. The van der Waals surface area contributed by atoms with Crippen LogP contribution in [0.4, 0.5) is 0 Å². The van der Waals surface area contributed by atoms with Gasteiger partial charge in [-0.3, -0.25) is 0 Å². The number of hydrogen-bond acceptors (Lipinski definition) is 3. The Bertz CT molecular complexity index is 396. The first-order chi connectivity index (χ1) is 7.56. The van der Waals surface area contributed by atoms with E-state index in [-0.39, 0.29) is 6.10 Å². The van der Waals surface area contributed by atoms with Crippen molar-refractivity contribution in [3.05, 3.63) is 42.0 Å². The zero-order chi connectivity index (χ0) is 12.1. The summed E-state index contributed by atoms with van der Waals surface area (Å²) in [5.74, 6) is 0.322. The Hall–Kier alpha value is -1.77. The Balaban J connectivity index is 2.84. The van der Waals surface area contributed by atoms with Crippen molar-refractivity contribution in [2.24, 2.45) is 0 Å². The highest BCUT2D eigenvalue weighted by atomic mass is 16.5. The fourth-order valence-corrected chi connectivity index (χ4v) is 1.33. The van der Waals surface area contributed by atoms with Crippen LogP contribution in [0, 0.1) is 0 Å². The van der Waals surface area contributed by atoms with E-state index in [2.05, 4.69) is 6.58 Å². The molecule has 0 saturated carbocycles. The number of carbonyl (C=O) groups is 1. The van der Waals surface area contributed by atoms with Crippen molar-refractivity contribution in [3.8, 4) is 5.75 Å². The van der Waals surface area contributed by atoms with Gasteiger partial charge in [-0.1, -0.05) is 24.8 Å². The Morgan fingerprint density at radius 1 is 1.38 bits per heavy atom. The molecule has 0 aromatic heterocycles. The number of hydrogen-bond donors (Lipinski definition) is 0. The van der Waals surface area contributed by atoms with Crippen molar-refractivity contribution < 1.29 is 14.3 Å². The Morgan fingerprint density at radius 2 is 2.00 bits per heavy atom. The molecule has 1 aromatic rings. The maximum atomic E-state index is 11.4. The molecule has 0 radical (unpaired) electrons. The number of carbonyl (C=O) groups excluding carboxylic acids is 1. The third kappa shape index (κ3) is 2.86. The van der Waals surface area contributed by atoms with Gasteiger partial charge in [0.1, 0.15) is 11.9 Å². The summed E-state index contributed by atoms with van der Waals surface area (Å²) >= 11 is 0. The Kier molecular flexibility index (Phi) is 4.11. The number of para-hydroxylation sites is 1. The summed E-state index contributed by atoms with van der Waals surface area (Å²) in [7, 11) is 1.59. The maximum absolute atomic E-state index is 11.4. The van der Waals surface area contributed by atoms with E-state index in [1.54, 1.807) is 21.0 Å². The standard InChI is InChI=1S/C13H16O3/c1-9(2)13(14)16-10(3)11-7-5-6-8-12(11)15-4/h5-8,10H,1H2,2-4H3. The molecule has 16 heavy (non-hydrogen) atoms. The van der Waals surface area contributed by atoms with Crippen molar-refractivity contribution in [3.63, 3.8) is 0 Å². The van der Waals surface area contributed by atoms with Crippen LogP contribution in [0.5, 0.6) is 5.75 Å². The zero-order valence-corrected chi connectivity index (χ0v) is 9.82. The summed E-state index contributed by atoms with van der Waals surface area (Å²) in [4.78, 5) is 11.4. The number of benzene rings is 1. The predicted molar refractivity (Wildman–Crippen MR) is 62.3 cm³/mol. The molecule has 3 nitrogen and oxygen atoms in total. The number of methoxy groups -OCH3 is 1. The topological polar surface area (TPSA) is 35.5 Å². The molecular formula is C13H16O3. The van der Waals surface area contributed by atoms with Crippen LogP contribution in [0.2, 0.25) is 0 Å². The second kappa shape index (κ2) is 5.35. The van der Waals surface area contributed by atoms with E-state index in [0.29, 0.717) is 11.3 Å². The lowest BCUT2D eigenvalue weighted by molar-refractivity contribution is -0.143. The molecule has 0 aliphatic carbocycles. The normalized spacial score (nSPS) is 11.7. The van der Waals surface area contributed by atoms with E-state index in [4.69, 9.17) is 9.47 Å². The molecule has 0 spiro atoms. The van der Waals surface area contributed by atoms with Crippen LogP contribution in [0.25, 0.3) is 0 Å². The molecule has 86 valence electrons. The molecule has 0 saturated heterocycles. The van der Waals surface area contributed by atoms with Crippen LogP contribution in [0.15, 0.2) is 36.4 Å². The molecule has 0 fully saturated rings. The molecule has 1 rings (SSSR count). The van der Waals surface area contributed by atoms with Gasteiger partial charge in [-0.25, -0.2) is 4.79 Å². The average molecular weight is 220 g/mol. The van der Waals surface area contributed by atoms with Crippen molar-refractivity contribution in [1.82, 2.24) is 0 Å². The minimum Gasteiger partial charge on any atom is -0.496 e. The summed E-state index contributed by atoms with van der Waals surface area (Å²) in [6.07, 6.45) is -0.347. The number of esters is 1. The first-order valence-electron chi connectivity index (χ1n) is 5.05. The van der Waals surface area contributed by atoms with Crippen LogP contribution in [0.3, 0.4) is 0 Å². The van der Waals surface area contributed by atoms with Gasteiger partial charge in [-0.05, 0) is 19.9 Å². The third-order valence-corrected chi connectivity index (χ3v) is 2.21. The van der Waals surface area contributed by atoms with Gasteiger partial charge in [-0.2, -0.15) is 0 Å². The number of rotatable bonds is 4. The highest BCUT2D eigenvalue weighted by molar-refractivity contribution is 5.87. The lowest BCUT2D eigenvalue weighted by Crippen LogP contribution is -2.10. The van der Waals surface area contributed by atoms with E-state index >= 15 is 0 Å². The summed E-state index contributed by atoms with van der Waals surface area (Å²) in [5, 5.41) is 0. The van der Waals surface area contributed by atoms with Gasteiger partial charge in [-0.15, -0.1) is 0 Å². The molecule has 0 amide bonds. The van der Waals surface area contributed by atoms with Gasteiger partial charge in [0.05, 0.1) is 7.11 Å². The predicted octanol–water partition coefficient (Wildman–Crippen LogP) is 2.88. The molecule has 0 bridgehead atoms. The molecule has 1 unspecified atom stereocenters. The summed E-state index contributed by atoms with van der Waals surface area (Å²) < 4.78 is 10.4. The summed E-state index contributed by atoms with van der Waals surface area (Å²) in [6.45, 7) is 6.97. The second-order valence-electron chi connectivity index (χ2n) is 3.57. The SMILES string of the molecule is C=C(C)C(=O)OC(C)c1ccccc1OC. The first-order valence-corrected chi connectivity index (χ1v) is 5.05.